The van der Waals surface area contributed by atoms with Crippen molar-refractivity contribution in [2.75, 3.05) is 7.11 Å². The summed E-state index contributed by atoms with van der Waals surface area (Å²) in [7, 11) is 1.30. The highest BCUT2D eigenvalue weighted by Crippen LogP contribution is 2.23. The number of hydrogen-bond donors (Lipinski definition) is 0. The maximum atomic E-state index is 12.5. The summed E-state index contributed by atoms with van der Waals surface area (Å²) in [6.45, 7) is 13.3. The third kappa shape index (κ3) is 6.89. The Morgan fingerprint density at radius 2 is 1.45 bits per heavy atom. The van der Waals surface area contributed by atoms with Crippen molar-refractivity contribution in [2.24, 2.45) is 21.8 Å². The monoisotopic (exact) mass is 398 g/mol. The van der Waals surface area contributed by atoms with Gasteiger partial charge in [-0.1, -0.05) is 39.8 Å². The van der Waals surface area contributed by atoms with Crippen molar-refractivity contribution in [1.82, 2.24) is 0 Å². The lowest BCUT2D eigenvalue weighted by molar-refractivity contribution is -0.113. The smallest absolute Gasteiger partial charge is 0.337 e. The number of ether oxygens (including phenoxy) is 1. The van der Waals surface area contributed by atoms with Crippen LogP contribution in [0.5, 0.6) is 0 Å². The number of rotatable bonds is 10. The predicted molar refractivity (Wildman–Crippen MR) is 116 cm³/mol. The molecule has 0 heterocycles. The van der Waals surface area contributed by atoms with Crippen molar-refractivity contribution in [1.29, 1.82) is 0 Å². The predicted octanol–water partition coefficient (Wildman–Crippen LogP) is 4.69. The Hall–Kier alpha value is -2.89. The Kier molecular flexibility index (Phi) is 9.32. The fourth-order valence-corrected chi connectivity index (χ4v) is 2.75. The SMILES string of the molecule is C=N/C(=C(\N=C(C)C(=O)CCC(=O)c1ccc(C(=O)OC)cc1)C(C)C)C(C)C. The number of Topliss-reactive ketones (excluding diaryl/α,β-unsaturated/α-hetero) is 2. The highest BCUT2D eigenvalue weighted by Gasteiger charge is 2.16. The maximum Gasteiger partial charge on any atom is 0.337 e. The summed E-state index contributed by atoms with van der Waals surface area (Å²) in [5.41, 5.74) is 2.68. The van der Waals surface area contributed by atoms with Gasteiger partial charge in [-0.25, -0.2) is 4.79 Å². The number of aliphatic imine (C=N–C) groups is 2. The fraction of sp³-hybridized carbons (Fsp3) is 0.435. The summed E-state index contributed by atoms with van der Waals surface area (Å²) in [5.74, 6) is -0.579. The minimum absolute atomic E-state index is 0.0663. The van der Waals surface area contributed by atoms with Gasteiger partial charge in [0.1, 0.15) is 0 Å². The molecule has 0 saturated heterocycles. The molecular weight excluding hydrogens is 368 g/mol. The second-order valence-electron chi connectivity index (χ2n) is 7.35. The molecule has 0 atom stereocenters. The molecule has 0 aliphatic carbocycles. The van der Waals surface area contributed by atoms with Crippen LogP contribution in [0.25, 0.3) is 0 Å². The summed E-state index contributed by atoms with van der Waals surface area (Å²) < 4.78 is 4.63. The summed E-state index contributed by atoms with van der Waals surface area (Å²) >= 11 is 0. The van der Waals surface area contributed by atoms with E-state index in [1.807, 2.05) is 27.7 Å². The zero-order valence-corrected chi connectivity index (χ0v) is 18.1. The lowest BCUT2D eigenvalue weighted by atomic mass is 10.0. The lowest BCUT2D eigenvalue weighted by Gasteiger charge is -2.15. The molecule has 0 aliphatic rings. The molecule has 0 spiro atoms. The molecule has 0 aromatic heterocycles. The third-order valence-electron chi connectivity index (χ3n) is 4.43. The first-order valence-corrected chi connectivity index (χ1v) is 9.63. The average molecular weight is 399 g/mol. The summed E-state index contributed by atoms with van der Waals surface area (Å²) in [4.78, 5) is 44.9. The first-order valence-electron chi connectivity index (χ1n) is 9.63. The third-order valence-corrected chi connectivity index (χ3v) is 4.43. The molecule has 1 aromatic rings. The van der Waals surface area contributed by atoms with Crippen LogP contribution in [0.15, 0.2) is 45.6 Å². The molecule has 0 fully saturated rings. The maximum absolute atomic E-state index is 12.5. The normalized spacial score (nSPS) is 12.6. The van der Waals surface area contributed by atoms with Gasteiger partial charge in [0, 0.05) is 18.4 Å². The number of allylic oxidation sites excluding steroid dienone is 2. The van der Waals surface area contributed by atoms with Crippen molar-refractivity contribution in [3.63, 3.8) is 0 Å². The number of hydrogen-bond acceptors (Lipinski definition) is 6. The van der Waals surface area contributed by atoms with Gasteiger partial charge in [0.15, 0.2) is 11.6 Å². The van der Waals surface area contributed by atoms with E-state index >= 15 is 0 Å². The molecule has 6 heteroatoms. The largest absolute Gasteiger partial charge is 0.465 e. The number of esters is 1. The highest BCUT2D eigenvalue weighted by atomic mass is 16.5. The van der Waals surface area contributed by atoms with Crippen LogP contribution in [0.1, 0.15) is 68.2 Å². The number of carbonyl (C=O) groups excluding carboxylic acids is 3. The van der Waals surface area contributed by atoms with Gasteiger partial charge in [-0.05, 0) is 37.6 Å². The van der Waals surface area contributed by atoms with Crippen LogP contribution in [0.2, 0.25) is 0 Å². The quantitative estimate of drug-likeness (QED) is 0.325. The topological polar surface area (TPSA) is 85.2 Å². The van der Waals surface area contributed by atoms with E-state index in [-0.39, 0.29) is 36.2 Å². The molecule has 0 bridgehead atoms. The van der Waals surface area contributed by atoms with Crippen molar-refractivity contribution in [3.8, 4) is 0 Å². The molecule has 29 heavy (non-hydrogen) atoms. The second-order valence-corrected chi connectivity index (χ2v) is 7.35. The van der Waals surface area contributed by atoms with Crippen molar-refractivity contribution >= 4 is 30.0 Å². The van der Waals surface area contributed by atoms with Gasteiger partial charge in [0.25, 0.3) is 0 Å². The zero-order valence-electron chi connectivity index (χ0n) is 18.1. The molecular formula is C23H30N2O4. The molecule has 1 rings (SSSR count). The molecule has 0 unspecified atom stereocenters. The van der Waals surface area contributed by atoms with Crippen molar-refractivity contribution in [3.05, 3.63) is 46.8 Å². The minimum Gasteiger partial charge on any atom is -0.465 e. The Morgan fingerprint density at radius 3 is 1.90 bits per heavy atom. The number of benzene rings is 1. The molecule has 1 aromatic carbocycles. The average Bonchev–Trinajstić information content (AvgIpc) is 2.70. The number of ketones is 2. The number of methoxy groups -OCH3 is 1. The summed E-state index contributed by atoms with van der Waals surface area (Å²) in [6, 6.07) is 6.18. The summed E-state index contributed by atoms with van der Waals surface area (Å²) in [5, 5.41) is 0. The van der Waals surface area contributed by atoms with Gasteiger partial charge in [0.05, 0.1) is 29.8 Å². The second kappa shape index (κ2) is 11.2. The Labute approximate surface area is 172 Å². The molecule has 156 valence electrons. The highest BCUT2D eigenvalue weighted by molar-refractivity contribution is 6.39. The van der Waals surface area contributed by atoms with Gasteiger partial charge >= 0.3 is 5.97 Å². The van der Waals surface area contributed by atoms with E-state index in [9.17, 15) is 14.4 Å². The molecule has 6 nitrogen and oxygen atoms in total. The van der Waals surface area contributed by atoms with E-state index in [0.29, 0.717) is 16.8 Å². The molecule has 0 aliphatic heterocycles. The van der Waals surface area contributed by atoms with E-state index in [1.165, 1.54) is 19.2 Å². The van der Waals surface area contributed by atoms with Gasteiger partial charge in [-0.15, -0.1) is 0 Å². The van der Waals surface area contributed by atoms with Gasteiger partial charge < -0.3 is 4.74 Å². The van der Waals surface area contributed by atoms with E-state index < -0.39 is 5.97 Å². The Balaban J connectivity index is 2.87. The van der Waals surface area contributed by atoms with E-state index in [1.54, 1.807) is 19.1 Å². The zero-order chi connectivity index (χ0) is 22.1. The van der Waals surface area contributed by atoms with Crippen molar-refractivity contribution < 1.29 is 19.1 Å². The number of carbonyl (C=O) groups is 3. The van der Waals surface area contributed by atoms with Gasteiger partial charge in [0.2, 0.25) is 0 Å². The van der Waals surface area contributed by atoms with Crippen LogP contribution in [0, 0.1) is 11.8 Å². The van der Waals surface area contributed by atoms with Crippen LogP contribution in [0.4, 0.5) is 0 Å². The number of nitrogens with zero attached hydrogens (tertiary/aromatic N) is 2. The van der Waals surface area contributed by atoms with Crippen LogP contribution >= 0.6 is 0 Å². The van der Waals surface area contributed by atoms with Crippen LogP contribution in [-0.4, -0.2) is 37.1 Å². The standard InChI is InChI=1S/C23H30N2O4/c1-14(2)21(24-6)22(15(3)4)25-16(5)19(26)12-13-20(27)17-8-10-18(11-9-17)23(28)29-7/h8-11,14-15H,6,12-13H2,1-5,7H3/b22-21-,25-16?. The molecule has 0 radical (unpaired) electrons. The minimum atomic E-state index is -0.463. The Bertz CT molecular complexity index is 831. The van der Waals surface area contributed by atoms with Crippen LogP contribution in [-0.2, 0) is 9.53 Å². The van der Waals surface area contributed by atoms with E-state index in [2.05, 4.69) is 21.4 Å². The summed E-state index contributed by atoms with van der Waals surface area (Å²) in [6.07, 6.45) is 0.136. The van der Waals surface area contributed by atoms with E-state index in [4.69, 9.17) is 0 Å². The van der Waals surface area contributed by atoms with Crippen molar-refractivity contribution in [2.45, 2.75) is 47.5 Å². The Morgan fingerprint density at radius 1 is 0.931 bits per heavy atom. The van der Waals surface area contributed by atoms with E-state index in [0.717, 1.165) is 11.4 Å². The first-order chi connectivity index (χ1) is 13.6. The first kappa shape index (κ1) is 24.1. The van der Waals surface area contributed by atoms with Crippen LogP contribution in [0.3, 0.4) is 0 Å². The lowest BCUT2D eigenvalue weighted by Crippen LogP contribution is -2.14. The molecule has 0 saturated carbocycles. The van der Waals surface area contributed by atoms with Crippen LogP contribution < -0.4 is 0 Å². The molecule has 0 amide bonds. The van der Waals surface area contributed by atoms with Gasteiger partial charge in [-0.3, -0.25) is 19.6 Å². The fourth-order valence-electron chi connectivity index (χ4n) is 2.75. The molecule has 0 N–H and O–H groups in total. The van der Waals surface area contributed by atoms with Gasteiger partial charge in [-0.2, -0.15) is 0 Å².